The van der Waals surface area contributed by atoms with E-state index in [-0.39, 0.29) is 5.69 Å². The van der Waals surface area contributed by atoms with E-state index in [0.717, 1.165) is 5.69 Å². The van der Waals surface area contributed by atoms with Crippen LogP contribution < -0.4 is 11.4 Å². The van der Waals surface area contributed by atoms with Crippen molar-refractivity contribution in [2.75, 3.05) is 5.73 Å². The lowest BCUT2D eigenvalue weighted by Crippen LogP contribution is -2.15. The fourth-order valence-corrected chi connectivity index (χ4v) is 1.34. The molecule has 3 N–H and O–H groups in total. The number of hydrogen-bond acceptors (Lipinski definition) is 3. The lowest BCUT2D eigenvalue weighted by Gasteiger charge is -2.02. The van der Waals surface area contributed by atoms with Crippen LogP contribution in [0.25, 0.3) is 5.69 Å². The Kier molecular flexibility index (Phi) is 1.85. The van der Waals surface area contributed by atoms with Crippen LogP contribution in [0.4, 0.5) is 5.69 Å². The molecule has 5 heteroatoms. The van der Waals surface area contributed by atoms with Crippen molar-refractivity contribution in [1.29, 1.82) is 0 Å². The molecule has 5 nitrogen and oxygen atoms in total. The third-order valence-corrected chi connectivity index (χ3v) is 1.97. The largest absolute Gasteiger partial charge is 0.399 e. The van der Waals surface area contributed by atoms with Crippen LogP contribution in [0.15, 0.2) is 29.1 Å². The zero-order chi connectivity index (χ0) is 10.1. The van der Waals surface area contributed by atoms with E-state index in [1.54, 1.807) is 31.2 Å². The van der Waals surface area contributed by atoms with Crippen molar-refractivity contribution in [2.24, 2.45) is 0 Å². The molecule has 2 aromatic rings. The molecule has 14 heavy (non-hydrogen) atoms. The van der Waals surface area contributed by atoms with Gasteiger partial charge >= 0.3 is 5.69 Å². The predicted octanol–water partition coefficient (Wildman–Crippen LogP) is 0.451. The Morgan fingerprint density at radius 3 is 2.86 bits per heavy atom. The summed E-state index contributed by atoms with van der Waals surface area (Å²) in [6, 6.07) is 7.09. The lowest BCUT2D eigenvalue weighted by molar-refractivity contribution is 0.945. The average Bonchev–Trinajstić information content (AvgIpc) is 2.46. The topological polar surface area (TPSA) is 76.7 Å². The molecule has 0 fully saturated rings. The van der Waals surface area contributed by atoms with Crippen LogP contribution >= 0.6 is 0 Å². The maximum absolute atomic E-state index is 11.4. The third kappa shape index (κ3) is 1.28. The van der Waals surface area contributed by atoms with Crippen molar-refractivity contribution in [3.8, 4) is 5.69 Å². The summed E-state index contributed by atoms with van der Waals surface area (Å²) in [4.78, 5) is 11.4. The van der Waals surface area contributed by atoms with Gasteiger partial charge in [-0.25, -0.2) is 14.5 Å². The second kappa shape index (κ2) is 3.02. The molecule has 0 amide bonds. The van der Waals surface area contributed by atoms with Gasteiger partial charge in [0.05, 0.1) is 5.69 Å². The van der Waals surface area contributed by atoms with E-state index in [0.29, 0.717) is 11.5 Å². The molecule has 0 atom stereocenters. The first kappa shape index (κ1) is 8.55. The van der Waals surface area contributed by atoms with Crippen LogP contribution in [0.3, 0.4) is 0 Å². The van der Waals surface area contributed by atoms with Crippen molar-refractivity contribution < 1.29 is 0 Å². The molecular weight excluding hydrogens is 180 g/mol. The summed E-state index contributed by atoms with van der Waals surface area (Å²) in [5.41, 5.74) is 6.71. The summed E-state index contributed by atoms with van der Waals surface area (Å²) in [5.74, 6) is 0.612. The van der Waals surface area contributed by atoms with Gasteiger partial charge in [0.2, 0.25) is 0 Å². The van der Waals surface area contributed by atoms with Gasteiger partial charge in [0.1, 0.15) is 5.82 Å². The lowest BCUT2D eigenvalue weighted by atomic mass is 10.3. The number of benzene rings is 1. The van der Waals surface area contributed by atoms with E-state index in [1.807, 2.05) is 0 Å². The number of nitrogens with two attached hydrogens (primary N) is 1. The minimum absolute atomic E-state index is 0.256. The molecule has 0 spiro atoms. The molecule has 2 rings (SSSR count). The second-order valence-corrected chi connectivity index (χ2v) is 3.01. The van der Waals surface area contributed by atoms with Gasteiger partial charge in [0.25, 0.3) is 0 Å². The van der Waals surface area contributed by atoms with Crippen molar-refractivity contribution in [2.45, 2.75) is 6.92 Å². The van der Waals surface area contributed by atoms with Crippen LogP contribution in [-0.2, 0) is 0 Å². The predicted molar refractivity (Wildman–Crippen MR) is 53.3 cm³/mol. The summed E-state index contributed by atoms with van der Waals surface area (Å²) in [6.07, 6.45) is 0. The van der Waals surface area contributed by atoms with Crippen molar-refractivity contribution >= 4 is 5.69 Å². The number of aromatic nitrogens is 3. The summed E-state index contributed by atoms with van der Waals surface area (Å²) < 4.78 is 1.47. The van der Waals surface area contributed by atoms with Crippen LogP contribution in [0.1, 0.15) is 5.82 Å². The molecule has 0 aliphatic rings. The van der Waals surface area contributed by atoms with Gasteiger partial charge in [-0.15, -0.1) is 0 Å². The van der Waals surface area contributed by atoms with E-state index in [4.69, 9.17) is 5.73 Å². The highest BCUT2D eigenvalue weighted by Crippen LogP contribution is 2.10. The second-order valence-electron chi connectivity index (χ2n) is 3.01. The Labute approximate surface area is 80.2 Å². The zero-order valence-corrected chi connectivity index (χ0v) is 7.69. The van der Waals surface area contributed by atoms with Gasteiger partial charge in [0.15, 0.2) is 0 Å². The van der Waals surface area contributed by atoms with Gasteiger partial charge in [0, 0.05) is 5.69 Å². The van der Waals surface area contributed by atoms with Crippen molar-refractivity contribution in [3.05, 3.63) is 40.6 Å². The SMILES string of the molecule is Cc1n[nH]c(=O)n1-c1cccc(N)c1. The first-order valence-electron chi connectivity index (χ1n) is 4.18. The Bertz CT molecular complexity index is 512. The standard InChI is InChI=1S/C9H10N4O/c1-6-11-12-9(14)13(6)8-4-2-3-7(10)5-8/h2-5H,10H2,1H3,(H,12,14). The third-order valence-electron chi connectivity index (χ3n) is 1.97. The van der Waals surface area contributed by atoms with Gasteiger partial charge < -0.3 is 5.73 Å². The molecule has 0 radical (unpaired) electrons. The fraction of sp³-hybridized carbons (Fsp3) is 0.111. The summed E-state index contributed by atoms with van der Waals surface area (Å²) in [7, 11) is 0. The monoisotopic (exact) mass is 190 g/mol. The smallest absolute Gasteiger partial charge is 0.347 e. The average molecular weight is 190 g/mol. The molecular formula is C9H10N4O. The highest BCUT2D eigenvalue weighted by Gasteiger charge is 2.05. The van der Waals surface area contributed by atoms with Crippen molar-refractivity contribution in [1.82, 2.24) is 14.8 Å². The number of aryl methyl sites for hydroxylation is 1. The molecule has 0 unspecified atom stereocenters. The number of H-pyrrole nitrogens is 1. The number of aromatic amines is 1. The molecule has 72 valence electrons. The molecule has 1 heterocycles. The van der Waals surface area contributed by atoms with Crippen LogP contribution in [0.2, 0.25) is 0 Å². The van der Waals surface area contributed by atoms with Crippen LogP contribution in [-0.4, -0.2) is 14.8 Å². The first-order chi connectivity index (χ1) is 6.68. The molecule has 1 aromatic carbocycles. The molecule has 0 bridgehead atoms. The van der Waals surface area contributed by atoms with Crippen molar-refractivity contribution in [3.63, 3.8) is 0 Å². The number of hydrogen-bond donors (Lipinski definition) is 2. The normalized spacial score (nSPS) is 10.4. The maximum atomic E-state index is 11.4. The van der Waals surface area contributed by atoms with Gasteiger partial charge in [-0.1, -0.05) is 6.07 Å². The Morgan fingerprint density at radius 1 is 1.50 bits per heavy atom. The molecule has 0 aliphatic carbocycles. The summed E-state index contributed by atoms with van der Waals surface area (Å²) in [6.45, 7) is 1.75. The molecule has 0 saturated heterocycles. The number of nitrogens with zero attached hydrogens (tertiary/aromatic N) is 2. The highest BCUT2D eigenvalue weighted by molar-refractivity contribution is 5.47. The van der Waals surface area contributed by atoms with Crippen LogP contribution in [0, 0.1) is 6.92 Å². The quantitative estimate of drug-likeness (QED) is 0.641. The molecule has 0 saturated carbocycles. The van der Waals surface area contributed by atoms with E-state index < -0.39 is 0 Å². The Hall–Kier alpha value is -2.04. The van der Waals surface area contributed by atoms with E-state index >= 15 is 0 Å². The van der Waals surface area contributed by atoms with E-state index in [2.05, 4.69) is 10.2 Å². The maximum Gasteiger partial charge on any atom is 0.347 e. The number of rotatable bonds is 1. The summed E-state index contributed by atoms with van der Waals surface area (Å²) >= 11 is 0. The van der Waals surface area contributed by atoms with Gasteiger partial charge in [-0.3, -0.25) is 0 Å². The molecule has 1 aromatic heterocycles. The minimum atomic E-state index is -0.256. The number of nitrogen functional groups attached to an aromatic ring is 1. The number of nitrogens with one attached hydrogen (secondary N) is 1. The van der Waals surface area contributed by atoms with E-state index in [9.17, 15) is 4.79 Å². The summed E-state index contributed by atoms with van der Waals surface area (Å²) in [5, 5.41) is 6.18. The van der Waals surface area contributed by atoms with Crippen LogP contribution in [0.5, 0.6) is 0 Å². The first-order valence-corrected chi connectivity index (χ1v) is 4.18. The van der Waals surface area contributed by atoms with Gasteiger partial charge in [-0.05, 0) is 25.1 Å². The highest BCUT2D eigenvalue weighted by atomic mass is 16.1. The Morgan fingerprint density at radius 2 is 2.29 bits per heavy atom. The van der Waals surface area contributed by atoms with E-state index in [1.165, 1.54) is 4.57 Å². The number of anilines is 1. The zero-order valence-electron chi connectivity index (χ0n) is 7.69. The van der Waals surface area contributed by atoms with Gasteiger partial charge in [-0.2, -0.15) is 5.10 Å². The fourth-order valence-electron chi connectivity index (χ4n) is 1.34. The Balaban J connectivity index is 2.66. The molecule has 0 aliphatic heterocycles. The minimum Gasteiger partial charge on any atom is -0.399 e.